The first-order valence-corrected chi connectivity index (χ1v) is 5.84. The third-order valence-electron chi connectivity index (χ3n) is 2.82. The molecule has 0 bridgehead atoms. The van der Waals surface area contributed by atoms with Crippen molar-refractivity contribution in [2.75, 3.05) is 40.4 Å². The van der Waals surface area contributed by atoms with E-state index in [2.05, 4.69) is 10.2 Å². The number of hydrogen-bond acceptors (Lipinski definition) is 4. The Labute approximate surface area is 92.6 Å². The normalized spacial score (nSPS) is 26.4. The summed E-state index contributed by atoms with van der Waals surface area (Å²) in [6, 6.07) is 0.294. The second-order valence-corrected chi connectivity index (χ2v) is 4.47. The van der Waals surface area contributed by atoms with Crippen LogP contribution in [0.1, 0.15) is 19.3 Å². The molecule has 0 radical (unpaired) electrons. The van der Waals surface area contributed by atoms with Crippen LogP contribution in [0.2, 0.25) is 0 Å². The monoisotopic (exact) mass is 216 g/mol. The van der Waals surface area contributed by atoms with Gasteiger partial charge in [0.2, 0.25) is 0 Å². The summed E-state index contributed by atoms with van der Waals surface area (Å²) in [6.45, 7) is 3.32. The molecule has 1 rings (SSSR count). The zero-order valence-corrected chi connectivity index (χ0v) is 9.91. The topological polar surface area (TPSA) is 44.7 Å². The van der Waals surface area contributed by atoms with Crippen molar-refractivity contribution >= 4 is 0 Å². The van der Waals surface area contributed by atoms with Gasteiger partial charge in [-0.05, 0) is 33.4 Å². The summed E-state index contributed by atoms with van der Waals surface area (Å²) in [5.41, 5.74) is 0. The van der Waals surface area contributed by atoms with Crippen LogP contribution in [0.3, 0.4) is 0 Å². The Kier molecular flexibility index (Phi) is 6.17. The van der Waals surface area contributed by atoms with E-state index in [4.69, 9.17) is 4.74 Å². The summed E-state index contributed by atoms with van der Waals surface area (Å²) in [5.74, 6) is 0. The van der Waals surface area contributed by atoms with Crippen molar-refractivity contribution in [2.24, 2.45) is 0 Å². The molecule has 2 atom stereocenters. The van der Waals surface area contributed by atoms with Crippen molar-refractivity contribution in [3.05, 3.63) is 0 Å². The fourth-order valence-electron chi connectivity index (χ4n) is 1.84. The Bertz CT molecular complexity index is 165. The molecule has 1 fully saturated rings. The molecule has 0 unspecified atom stereocenters. The molecule has 1 aliphatic carbocycles. The molecule has 90 valence electrons. The molecule has 4 heteroatoms. The number of rotatable bonds is 7. The first kappa shape index (κ1) is 12.9. The van der Waals surface area contributed by atoms with E-state index in [0.717, 1.165) is 45.6 Å². The van der Waals surface area contributed by atoms with E-state index < -0.39 is 0 Å². The quantitative estimate of drug-likeness (QED) is 0.591. The molecule has 0 saturated heterocycles. The van der Waals surface area contributed by atoms with Crippen molar-refractivity contribution in [2.45, 2.75) is 31.4 Å². The van der Waals surface area contributed by atoms with Crippen LogP contribution in [0.5, 0.6) is 0 Å². The van der Waals surface area contributed by atoms with Gasteiger partial charge in [-0.3, -0.25) is 0 Å². The van der Waals surface area contributed by atoms with Crippen LogP contribution in [0.15, 0.2) is 0 Å². The van der Waals surface area contributed by atoms with Gasteiger partial charge in [0.25, 0.3) is 0 Å². The first-order valence-electron chi connectivity index (χ1n) is 5.84. The van der Waals surface area contributed by atoms with Crippen molar-refractivity contribution in [1.82, 2.24) is 10.2 Å². The molecule has 15 heavy (non-hydrogen) atoms. The third kappa shape index (κ3) is 5.47. The van der Waals surface area contributed by atoms with E-state index in [-0.39, 0.29) is 6.10 Å². The predicted octanol–water partition coefficient (Wildman–Crippen LogP) is 0.0676. The Morgan fingerprint density at radius 1 is 1.33 bits per heavy atom. The van der Waals surface area contributed by atoms with Crippen molar-refractivity contribution in [1.29, 1.82) is 0 Å². The average Bonchev–Trinajstić information content (AvgIpc) is 2.57. The number of aliphatic hydroxyl groups excluding tert-OH is 1. The summed E-state index contributed by atoms with van der Waals surface area (Å²) in [4.78, 5) is 2.11. The van der Waals surface area contributed by atoms with Crippen molar-refractivity contribution < 1.29 is 9.84 Å². The van der Waals surface area contributed by atoms with Gasteiger partial charge in [0.15, 0.2) is 0 Å². The molecule has 0 aromatic heterocycles. The largest absolute Gasteiger partial charge is 0.392 e. The molecule has 0 spiro atoms. The number of aliphatic hydroxyl groups is 1. The fourth-order valence-corrected chi connectivity index (χ4v) is 1.84. The van der Waals surface area contributed by atoms with E-state index in [1.807, 2.05) is 14.1 Å². The summed E-state index contributed by atoms with van der Waals surface area (Å²) in [6.07, 6.45) is 3.03. The fraction of sp³-hybridized carbons (Fsp3) is 1.00. The Balaban J connectivity index is 1.88. The SMILES string of the molecule is CN(C)CCOCCN[C@H]1CCC[C@@H]1O. The smallest absolute Gasteiger partial charge is 0.0693 e. The highest BCUT2D eigenvalue weighted by atomic mass is 16.5. The van der Waals surface area contributed by atoms with Crippen molar-refractivity contribution in [3.8, 4) is 0 Å². The van der Waals surface area contributed by atoms with Crippen LogP contribution in [0.4, 0.5) is 0 Å². The minimum atomic E-state index is -0.147. The molecule has 4 nitrogen and oxygen atoms in total. The molecule has 0 aromatic rings. The van der Waals surface area contributed by atoms with Gasteiger partial charge in [0, 0.05) is 19.1 Å². The summed E-state index contributed by atoms with van der Waals surface area (Å²) in [7, 11) is 4.08. The van der Waals surface area contributed by atoms with Crippen LogP contribution in [0.25, 0.3) is 0 Å². The van der Waals surface area contributed by atoms with Gasteiger partial charge >= 0.3 is 0 Å². The lowest BCUT2D eigenvalue weighted by Gasteiger charge is -2.16. The minimum Gasteiger partial charge on any atom is -0.392 e. The summed E-state index contributed by atoms with van der Waals surface area (Å²) >= 11 is 0. The van der Waals surface area contributed by atoms with Gasteiger partial charge in [-0.2, -0.15) is 0 Å². The van der Waals surface area contributed by atoms with Crippen LogP contribution in [-0.2, 0) is 4.74 Å². The van der Waals surface area contributed by atoms with Crippen LogP contribution in [0, 0.1) is 0 Å². The number of likely N-dealkylation sites (N-methyl/N-ethyl adjacent to an activating group) is 1. The maximum absolute atomic E-state index is 9.55. The lowest BCUT2D eigenvalue weighted by Crippen LogP contribution is -2.37. The molecular weight excluding hydrogens is 192 g/mol. The Hall–Kier alpha value is -0.160. The minimum absolute atomic E-state index is 0.147. The highest BCUT2D eigenvalue weighted by molar-refractivity contribution is 4.82. The zero-order valence-electron chi connectivity index (χ0n) is 9.91. The average molecular weight is 216 g/mol. The lowest BCUT2D eigenvalue weighted by atomic mass is 10.2. The number of nitrogens with zero attached hydrogens (tertiary/aromatic N) is 1. The van der Waals surface area contributed by atoms with E-state index in [1.54, 1.807) is 0 Å². The van der Waals surface area contributed by atoms with Gasteiger partial charge in [-0.1, -0.05) is 0 Å². The molecular formula is C11H24N2O2. The first-order chi connectivity index (χ1) is 7.20. The molecule has 0 amide bonds. The van der Waals surface area contributed by atoms with E-state index in [9.17, 15) is 5.11 Å². The maximum atomic E-state index is 9.55. The summed E-state index contributed by atoms with van der Waals surface area (Å²) in [5, 5.41) is 12.9. The highest BCUT2D eigenvalue weighted by Crippen LogP contribution is 2.18. The number of ether oxygens (including phenoxy) is 1. The molecule has 2 N–H and O–H groups in total. The van der Waals surface area contributed by atoms with E-state index in [0.29, 0.717) is 6.04 Å². The number of nitrogens with one attached hydrogen (secondary N) is 1. The predicted molar refractivity (Wildman–Crippen MR) is 61.0 cm³/mol. The van der Waals surface area contributed by atoms with Gasteiger partial charge in [0.05, 0.1) is 19.3 Å². The molecule has 1 saturated carbocycles. The molecule has 0 heterocycles. The van der Waals surface area contributed by atoms with Gasteiger partial charge < -0.3 is 20.1 Å². The molecule has 1 aliphatic rings. The zero-order chi connectivity index (χ0) is 11.1. The highest BCUT2D eigenvalue weighted by Gasteiger charge is 2.23. The Morgan fingerprint density at radius 3 is 2.73 bits per heavy atom. The van der Waals surface area contributed by atoms with E-state index >= 15 is 0 Å². The Morgan fingerprint density at radius 2 is 2.13 bits per heavy atom. The molecule has 0 aliphatic heterocycles. The van der Waals surface area contributed by atoms with Crippen molar-refractivity contribution in [3.63, 3.8) is 0 Å². The van der Waals surface area contributed by atoms with E-state index in [1.165, 1.54) is 0 Å². The second kappa shape index (κ2) is 7.17. The van der Waals surface area contributed by atoms with Crippen LogP contribution >= 0.6 is 0 Å². The third-order valence-corrected chi connectivity index (χ3v) is 2.82. The summed E-state index contributed by atoms with van der Waals surface area (Å²) < 4.78 is 5.45. The van der Waals surface area contributed by atoms with Gasteiger partial charge in [-0.15, -0.1) is 0 Å². The standard InChI is InChI=1S/C11H24N2O2/c1-13(2)7-9-15-8-6-12-10-4-3-5-11(10)14/h10-12,14H,3-9H2,1-2H3/t10-,11-/m0/s1. The van der Waals surface area contributed by atoms with Gasteiger partial charge in [-0.25, -0.2) is 0 Å². The van der Waals surface area contributed by atoms with Crippen LogP contribution < -0.4 is 5.32 Å². The van der Waals surface area contributed by atoms with Crippen LogP contribution in [-0.4, -0.2) is 62.6 Å². The number of hydrogen-bond donors (Lipinski definition) is 2. The second-order valence-electron chi connectivity index (χ2n) is 4.47. The lowest BCUT2D eigenvalue weighted by molar-refractivity contribution is 0.107. The van der Waals surface area contributed by atoms with Gasteiger partial charge in [0.1, 0.15) is 0 Å². The maximum Gasteiger partial charge on any atom is 0.0693 e. The molecule has 0 aromatic carbocycles.